The van der Waals surface area contributed by atoms with Crippen molar-refractivity contribution in [1.29, 1.82) is 0 Å². The molecule has 0 saturated heterocycles. The van der Waals surface area contributed by atoms with E-state index in [2.05, 4.69) is 20.9 Å². The van der Waals surface area contributed by atoms with Gasteiger partial charge in [-0.3, -0.25) is 4.79 Å². The molecule has 0 fully saturated rings. The fourth-order valence-corrected chi connectivity index (χ4v) is 2.27. The number of hydrogen-bond donors (Lipinski definition) is 2. The molecule has 0 aliphatic rings. The number of rotatable bonds is 3. The Labute approximate surface area is 95.2 Å². The van der Waals surface area contributed by atoms with Crippen LogP contribution in [-0.4, -0.2) is 16.1 Å². The van der Waals surface area contributed by atoms with Crippen molar-refractivity contribution in [3.63, 3.8) is 0 Å². The van der Waals surface area contributed by atoms with Crippen LogP contribution in [0.25, 0.3) is 10.9 Å². The maximum Gasteiger partial charge on any atom is 0.303 e. The molecular formula is C11H10BrNO2. The van der Waals surface area contributed by atoms with Crippen LogP contribution in [0.4, 0.5) is 0 Å². The second kappa shape index (κ2) is 4.06. The first-order valence-corrected chi connectivity index (χ1v) is 5.44. The zero-order chi connectivity index (χ0) is 10.8. The topological polar surface area (TPSA) is 53.1 Å². The number of aliphatic carboxylic acids is 1. The summed E-state index contributed by atoms with van der Waals surface area (Å²) in [4.78, 5) is 13.6. The predicted molar refractivity (Wildman–Crippen MR) is 62.0 cm³/mol. The highest BCUT2D eigenvalue weighted by Gasteiger charge is 2.08. The van der Waals surface area contributed by atoms with Crippen molar-refractivity contribution >= 4 is 32.8 Å². The van der Waals surface area contributed by atoms with Crippen molar-refractivity contribution in [3.05, 3.63) is 34.4 Å². The zero-order valence-corrected chi connectivity index (χ0v) is 9.54. The lowest BCUT2D eigenvalue weighted by molar-refractivity contribution is -0.136. The van der Waals surface area contributed by atoms with Gasteiger partial charge in [0.25, 0.3) is 0 Å². The lowest BCUT2D eigenvalue weighted by atomic mass is 10.1. The lowest BCUT2D eigenvalue weighted by Gasteiger charge is -1.98. The van der Waals surface area contributed by atoms with E-state index in [4.69, 9.17) is 5.11 Å². The third kappa shape index (κ3) is 2.04. The van der Waals surface area contributed by atoms with Crippen LogP contribution in [0.15, 0.2) is 28.9 Å². The van der Waals surface area contributed by atoms with Gasteiger partial charge in [0.2, 0.25) is 0 Å². The molecule has 1 heterocycles. The van der Waals surface area contributed by atoms with Gasteiger partial charge in [-0.2, -0.15) is 0 Å². The maximum absolute atomic E-state index is 10.5. The molecule has 2 N–H and O–H groups in total. The van der Waals surface area contributed by atoms with Crippen LogP contribution < -0.4 is 0 Å². The van der Waals surface area contributed by atoms with E-state index in [1.54, 1.807) is 0 Å². The SMILES string of the molecule is O=C(O)CCc1c[nH]c2cccc(Br)c12. The number of H-pyrrole nitrogens is 1. The van der Waals surface area contributed by atoms with Gasteiger partial charge in [0.05, 0.1) is 0 Å². The summed E-state index contributed by atoms with van der Waals surface area (Å²) in [6.45, 7) is 0. The van der Waals surface area contributed by atoms with Gasteiger partial charge in [0.15, 0.2) is 0 Å². The molecule has 1 aromatic heterocycles. The number of carbonyl (C=O) groups is 1. The van der Waals surface area contributed by atoms with Crippen molar-refractivity contribution in [3.8, 4) is 0 Å². The normalized spacial score (nSPS) is 10.7. The molecule has 15 heavy (non-hydrogen) atoms. The standard InChI is InChI=1S/C11H10BrNO2/c12-8-2-1-3-9-11(8)7(6-13-9)4-5-10(14)15/h1-3,6,13H,4-5H2,(H,14,15). The van der Waals surface area contributed by atoms with Crippen LogP contribution in [-0.2, 0) is 11.2 Å². The number of aromatic amines is 1. The van der Waals surface area contributed by atoms with Gasteiger partial charge in [-0.15, -0.1) is 0 Å². The van der Waals surface area contributed by atoms with Gasteiger partial charge < -0.3 is 10.1 Å². The fraction of sp³-hybridized carbons (Fsp3) is 0.182. The number of benzene rings is 1. The molecule has 78 valence electrons. The van der Waals surface area contributed by atoms with Gasteiger partial charge in [-0.25, -0.2) is 0 Å². The van der Waals surface area contributed by atoms with Gasteiger partial charge in [0, 0.05) is 28.0 Å². The highest BCUT2D eigenvalue weighted by atomic mass is 79.9. The number of hydrogen-bond acceptors (Lipinski definition) is 1. The molecular weight excluding hydrogens is 258 g/mol. The van der Waals surface area contributed by atoms with Gasteiger partial charge in [0.1, 0.15) is 0 Å². The average molecular weight is 268 g/mol. The van der Waals surface area contributed by atoms with Gasteiger partial charge in [-0.1, -0.05) is 22.0 Å². The fourth-order valence-electron chi connectivity index (χ4n) is 1.65. The summed E-state index contributed by atoms with van der Waals surface area (Å²) < 4.78 is 1.00. The molecule has 3 nitrogen and oxygen atoms in total. The van der Waals surface area contributed by atoms with E-state index in [1.807, 2.05) is 24.4 Å². The number of aromatic nitrogens is 1. The van der Waals surface area contributed by atoms with E-state index in [1.165, 1.54) is 0 Å². The number of aryl methyl sites for hydroxylation is 1. The minimum absolute atomic E-state index is 0.161. The van der Waals surface area contributed by atoms with Crippen LogP contribution in [0.3, 0.4) is 0 Å². The van der Waals surface area contributed by atoms with Crippen LogP contribution in [0, 0.1) is 0 Å². The highest BCUT2D eigenvalue weighted by Crippen LogP contribution is 2.27. The van der Waals surface area contributed by atoms with Crippen molar-refractivity contribution in [1.82, 2.24) is 4.98 Å². The molecule has 1 aromatic carbocycles. The van der Waals surface area contributed by atoms with Crippen molar-refractivity contribution in [2.75, 3.05) is 0 Å². The summed E-state index contributed by atoms with van der Waals surface area (Å²) in [7, 11) is 0. The Morgan fingerprint density at radius 1 is 1.47 bits per heavy atom. The van der Waals surface area contributed by atoms with Crippen LogP contribution >= 0.6 is 15.9 Å². The minimum Gasteiger partial charge on any atom is -0.481 e. The van der Waals surface area contributed by atoms with Gasteiger partial charge in [-0.05, 0) is 24.1 Å². The van der Waals surface area contributed by atoms with Crippen LogP contribution in [0.1, 0.15) is 12.0 Å². The largest absolute Gasteiger partial charge is 0.481 e. The molecule has 0 aliphatic heterocycles. The molecule has 0 aliphatic carbocycles. The van der Waals surface area contributed by atoms with Crippen molar-refractivity contribution in [2.24, 2.45) is 0 Å². The number of carboxylic acids is 1. The molecule has 0 spiro atoms. The molecule has 2 aromatic rings. The monoisotopic (exact) mass is 267 g/mol. The van der Waals surface area contributed by atoms with Crippen LogP contribution in [0.5, 0.6) is 0 Å². The second-order valence-electron chi connectivity index (χ2n) is 3.37. The molecule has 0 atom stereocenters. The van der Waals surface area contributed by atoms with E-state index < -0.39 is 5.97 Å². The Kier molecular flexibility index (Phi) is 2.77. The third-order valence-electron chi connectivity index (χ3n) is 2.34. The Morgan fingerprint density at radius 3 is 3.00 bits per heavy atom. The van der Waals surface area contributed by atoms with Gasteiger partial charge >= 0.3 is 5.97 Å². The average Bonchev–Trinajstić information content (AvgIpc) is 2.59. The summed E-state index contributed by atoms with van der Waals surface area (Å²) in [6.07, 6.45) is 2.59. The van der Waals surface area contributed by atoms with E-state index in [0.717, 1.165) is 20.9 Å². The minimum atomic E-state index is -0.767. The smallest absolute Gasteiger partial charge is 0.303 e. The van der Waals surface area contributed by atoms with E-state index >= 15 is 0 Å². The molecule has 0 amide bonds. The second-order valence-corrected chi connectivity index (χ2v) is 4.22. The molecule has 4 heteroatoms. The zero-order valence-electron chi connectivity index (χ0n) is 7.96. The Balaban J connectivity index is 2.39. The third-order valence-corrected chi connectivity index (χ3v) is 3.01. The quantitative estimate of drug-likeness (QED) is 0.899. The highest BCUT2D eigenvalue weighted by molar-refractivity contribution is 9.10. The van der Waals surface area contributed by atoms with Crippen molar-refractivity contribution < 1.29 is 9.90 Å². The molecule has 2 rings (SSSR count). The number of nitrogens with one attached hydrogen (secondary N) is 1. The number of carboxylic acid groups (broad SMARTS) is 1. The van der Waals surface area contributed by atoms with Crippen molar-refractivity contribution in [2.45, 2.75) is 12.8 Å². The Bertz CT molecular complexity index is 504. The lowest BCUT2D eigenvalue weighted by Crippen LogP contribution is -1.96. The predicted octanol–water partition coefficient (Wildman–Crippen LogP) is 2.95. The van der Waals surface area contributed by atoms with E-state index in [-0.39, 0.29) is 6.42 Å². The first-order chi connectivity index (χ1) is 7.18. The maximum atomic E-state index is 10.5. The Hall–Kier alpha value is -1.29. The molecule has 0 radical (unpaired) electrons. The molecule has 0 unspecified atom stereocenters. The summed E-state index contributed by atoms with van der Waals surface area (Å²) in [5.41, 5.74) is 2.07. The van der Waals surface area contributed by atoms with Crippen LogP contribution in [0.2, 0.25) is 0 Å². The molecule has 0 bridgehead atoms. The Morgan fingerprint density at radius 2 is 2.27 bits per heavy atom. The summed E-state index contributed by atoms with van der Waals surface area (Å²) in [6, 6.07) is 5.88. The summed E-state index contributed by atoms with van der Waals surface area (Å²) in [5.74, 6) is -0.767. The first kappa shape index (κ1) is 10.2. The summed E-state index contributed by atoms with van der Waals surface area (Å²) >= 11 is 3.47. The number of halogens is 1. The molecule has 0 saturated carbocycles. The first-order valence-electron chi connectivity index (χ1n) is 4.65. The number of fused-ring (bicyclic) bond motifs is 1. The summed E-state index contributed by atoms with van der Waals surface area (Å²) in [5, 5.41) is 9.71. The van der Waals surface area contributed by atoms with E-state index in [9.17, 15) is 4.79 Å². The van der Waals surface area contributed by atoms with E-state index in [0.29, 0.717) is 6.42 Å².